The lowest BCUT2D eigenvalue weighted by molar-refractivity contribution is -0.187. The van der Waals surface area contributed by atoms with Gasteiger partial charge in [0, 0.05) is 18.8 Å². The van der Waals surface area contributed by atoms with Crippen LogP contribution in [0.4, 0.5) is 0 Å². The van der Waals surface area contributed by atoms with Gasteiger partial charge in [-0.1, -0.05) is 45.3 Å². The van der Waals surface area contributed by atoms with E-state index >= 15 is 0 Å². The first-order valence-electron chi connectivity index (χ1n) is 13.8. The van der Waals surface area contributed by atoms with Crippen LogP contribution < -0.4 is 0 Å². The molecule has 2 fully saturated rings. The van der Waals surface area contributed by atoms with E-state index in [-0.39, 0.29) is 34.7 Å². The Morgan fingerprint density at radius 3 is 2.34 bits per heavy atom. The molecule has 2 saturated carbocycles. The minimum Gasteiger partial charge on any atom is -0.458 e. The third kappa shape index (κ3) is 4.21. The van der Waals surface area contributed by atoms with E-state index in [0.717, 1.165) is 51.4 Å². The number of fused-ring (bicyclic) bond motifs is 5. The highest BCUT2D eigenvalue weighted by molar-refractivity contribution is 5.89. The largest absolute Gasteiger partial charge is 0.458 e. The van der Waals surface area contributed by atoms with Crippen LogP contribution in [0.1, 0.15) is 106 Å². The van der Waals surface area contributed by atoms with Gasteiger partial charge in [0.2, 0.25) is 0 Å². The van der Waals surface area contributed by atoms with Gasteiger partial charge >= 0.3 is 11.9 Å². The van der Waals surface area contributed by atoms with Crippen LogP contribution in [0.2, 0.25) is 0 Å². The fourth-order valence-corrected chi connectivity index (χ4v) is 8.44. The Kier molecular flexibility index (Phi) is 7.11. The van der Waals surface area contributed by atoms with Crippen LogP contribution in [-0.4, -0.2) is 29.4 Å². The SMILES string of the molecule is CCCCCC(=O)O[C@]1(C(C)=O)CC[C@H]2[C@@H]3C=C(C)C4=C[C@H](OC(C)=O)CC[C@]4(C)[C@H]3CC[C@@]21C. The topological polar surface area (TPSA) is 69.7 Å². The maximum Gasteiger partial charge on any atom is 0.306 e. The van der Waals surface area contributed by atoms with Gasteiger partial charge in [-0.15, -0.1) is 0 Å². The number of esters is 2. The van der Waals surface area contributed by atoms with Crippen molar-refractivity contribution >= 4 is 17.7 Å². The third-order valence-electron chi connectivity index (χ3n) is 10.2. The van der Waals surface area contributed by atoms with Gasteiger partial charge in [-0.2, -0.15) is 0 Å². The van der Waals surface area contributed by atoms with E-state index in [0.29, 0.717) is 30.6 Å². The number of carbonyl (C=O) groups is 3. The fourth-order valence-electron chi connectivity index (χ4n) is 8.44. The molecule has 0 aromatic heterocycles. The van der Waals surface area contributed by atoms with Crippen molar-refractivity contribution in [3.63, 3.8) is 0 Å². The van der Waals surface area contributed by atoms with Crippen molar-refractivity contribution in [3.05, 3.63) is 23.3 Å². The van der Waals surface area contributed by atoms with Crippen molar-refractivity contribution in [2.45, 2.75) is 117 Å². The van der Waals surface area contributed by atoms with Crippen molar-refractivity contribution in [3.8, 4) is 0 Å². The van der Waals surface area contributed by atoms with Crippen LogP contribution >= 0.6 is 0 Å². The molecule has 35 heavy (non-hydrogen) atoms. The Labute approximate surface area is 211 Å². The van der Waals surface area contributed by atoms with Crippen molar-refractivity contribution in [1.29, 1.82) is 0 Å². The number of carbonyl (C=O) groups excluding carboxylic acids is 3. The second-order valence-corrected chi connectivity index (χ2v) is 12.1. The molecular weight excluding hydrogens is 440 g/mol. The molecule has 0 radical (unpaired) electrons. The van der Waals surface area contributed by atoms with Crippen LogP contribution in [0, 0.1) is 28.6 Å². The lowest BCUT2D eigenvalue weighted by Crippen LogP contribution is -2.58. The predicted octanol–water partition coefficient (Wildman–Crippen LogP) is 6.50. The Morgan fingerprint density at radius 1 is 0.971 bits per heavy atom. The lowest BCUT2D eigenvalue weighted by Gasteiger charge is -2.58. The van der Waals surface area contributed by atoms with E-state index in [1.165, 1.54) is 18.1 Å². The molecule has 0 heterocycles. The van der Waals surface area contributed by atoms with Crippen LogP contribution in [0.5, 0.6) is 0 Å². The molecule has 0 aliphatic heterocycles. The summed E-state index contributed by atoms with van der Waals surface area (Å²) >= 11 is 0. The van der Waals surface area contributed by atoms with Crippen LogP contribution in [0.3, 0.4) is 0 Å². The molecule has 0 aromatic carbocycles. The van der Waals surface area contributed by atoms with Gasteiger partial charge in [-0.05, 0) is 93.6 Å². The number of rotatable bonds is 7. The highest BCUT2D eigenvalue weighted by Crippen LogP contribution is 2.68. The summed E-state index contributed by atoms with van der Waals surface area (Å²) in [5, 5.41) is 0. The Hall–Kier alpha value is -1.91. The average molecular weight is 485 g/mol. The summed E-state index contributed by atoms with van der Waals surface area (Å²) in [6.07, 6.45) is 13.0. The molecule has 4 rings (SSSR count). The zero-order valence-electron chi connectivity index (χ0n) is 22.6. The number of unbranched alkanes of at least 4 members (excludes halogenated alkanes) is 2. The first-order chi connectivity index (χ1) is 16.5. The highest BCUT2D eigenvalue weighted by atomic mass is 16.6. The summed E-state index contributed by atoms with van der Waals surface area (Å²) in [5.74, 6) is 0.727. The molecule has 0 spiro atoms. The molecule has 194 valence electrons. The first kappa shape index (κ1) is 26.2. The number of Topliss-reactive ketones (excluding diaryl/α,β-unsaturated/α-hetero) is 1. The molecule has 0 aromatic rings. The second-order valence-electron chi connectivity index (χ2n) is 12.1. The third-order valence-corrected chi connectivity index (χ3v) is 10.2. The lowest BCUT2D eigenvalue weighted by atomic mass is 9.47. The molecular formula is C30H44O5. The van der Waals surface area contributed by atoms with Gasteiger partial charge in [0.1, 0.15) is 6.10 Å². The molecule has 5 nitrogen and oxygen atoms in total. The maximum atomic E-state index is 13.2. The molecule has 5 heteroatoms. The van der Waals surface area contributed by atoms with E-state index in [9.17, 15) is 14.4 Å². The highest BCUT2D eigenvalue weighted by Gasteiger charge is 2.67. The van der Waals surface area contributed by atoms with Crippen molar-refractivity contribution in [1.82, 2.24) is 0 Å². The van der Waals surface area contributed by atoms with E-state index in [2.05, 4.69) is 39.8 Å². The minimum absolute atomic E-state index is 0.00925. The van der Waals surface area contributed by atoms with Crippen LogP contribution in [0.15, 0.2) is 23.3 Å². The number of allylic oxidation sites excluding steroid dienone is 3. The summed E-state index contributed by atoms with van der Waals surface area (Å²) in [5.41, 5.74) is 1.30. The quantitative estimate of drug-likeness (QED) is 0.305. The monoisotopic (exact) mass is 484 g/mol. The summed E-state index contributed by atoms with van der Waals surface area (Å²) in [6, 6.07) is 0. The Bertz CT molecular complexity index is 946. The van der Waals surface area contributed by atoms with Crippen molar-refractivity contribution in [2.75, 3.05) is 0 Å². The maximum absolute atomic E-state index is 13.2. The molecule has 0 amide bonds. The fraction of sp³-hybridized carbons (Fsp3) is 0.767. The Balaban J connectivity index is 1.64. The van der Waals surface area contributed by atoms with E-state index in [1.54, 1.807) is 6.92 Å². The normalized spacial score (nSPS) is 39.9. The summed E-state index contributed by atoms with van der Waals surface area (Å²) in [4.78, 5) is 37.6. The molecule has 0 unspecified atom stereocenters. The predicted molar refractivity (Wildman–Crippen MR) is 135 cm³/mol. The van der Waals surface area contributed by atoms with E-state index < -0.39 is 5.60 Å². The Morgan fingerprint density at radius 2 is 1.69 bits per heavy atom. The van der Waals surface area contributed by atoms with Crippen molar-refractivity contribution < 1.29 is 23.9 Å². The van der Waals surface area contributed by atoms with Gasteiger partial charge < -0.3 is 9.47 Å². The van der Waals surface area contributed by atoms with Gasteiger partial charge in [0.05, 0.1) is 0 Å². The number of hydrogen-bond acceptors (Lipinski definition) is 5. The summed E-state index contributed by atoms with van der Waals surface area (Å²) in [6.45, 7) is 12.0. The van der Waals surface area contributed by atoms with Gasteiger partial charge in [0.15, 0.2) is 11.4 Å². The van der Waals surface area contributed by atoms with Crippen LogP contribution in [0.25, 0.3) is 0 Å². The second kappa shape index (κ2) is 9.52. The number of ether oxygens (including phenoxy) is 2. The smallest absolute Gasteiger partial charge is 0.306 e. The molecule has 7 atom stereocenters. The average Bonchev–Trinajstić information content (AvgIpc) is 3.08. The van der Waals surface area contributed by atoms with E-state index in [1.807, 2.05) is 0 Å². The van der Waals surface area contributed by atoms with Gasteiger partial charge in [0.25, 0.3) is 0 Å². The van der Waals surface area contributed by atoms with E-state index in [4.69, 9.17) is 9.47 Å². The zero-order valence-corrected chi connectivity index (χ0v) is 22.6. The molecule has 0 saturated heterocycles. The van der Waals surface area contributed by atoms with Crippen LogP contribution in [-0.2, 0) is 23.9 Å². The molecule has 4 aliphatic carbocycles. The van der Waals surface area contributed by atoms with Crippen molar-refractivity contribution in [2.24, 2.45) is 28.6 Å². The number of ketones is 1. The molecule has 4 aliphatic rings. The first-order valence-corrected chi connectivity index (χ1v) is 13.8. The standard InChI is InChI=1S/C30H44O5/c1-7-8-9-10-27(33)35-30(20(3)31)16-13-25-23-17-19(2)26-18-22(34-21(4)32)11-14-28(26,5)24(23)12-15-29(25,30)6/h17-18,22-25H,7-16H2,1-6H3/t22-,23-,24+,25+,28-,29+,30+/m1/s1. The number of hydrogen-bond donors (Lipinski definition) is 0. The summed E-state index contributed by atoms with van der Waals surface area (Å²) in [7, 11) is 0. The molecule has 0 N–H and O–H groups in total. The van der Waals surface area contributed by atoms with Gasteiger partial charge in [-0.3, -0.25) is 14.4 Å². The van der Waals surface area contributed by atoms with Gasteiger partial charge in [-0.25, -0.2) is 0 Å². The molecule has 0 bridgehead atoms. The zero-order chi connectivity index (χ0) is 25.6. The summed E-state index contributed by atoms with van der Waals surface area (Å²) < 4.78 is 11.8. The minimum atomic E-state index is -1.00.